The molecule has 12 heteroatoms. The van der Waals surface area contributed by atoms with Crippen LogP contribution in [-0.2, 0) is 32.3 Å². The Balaban J connectivity index is 2.47. The predicted octanol–water partition coefficient (Wildman–Crippen LogP) is 4.07. The van der Waals surface area contributed by atoms with Crippen LogP contribution in [0.1, 0.15) is 31.4 Å². The fourth-order valence-corrected chi connectivity index (χ4v) is 4.42. The zero-order valence-corrected chi connectivity index (χ0v) is 21.0. The van der Waals surface area contributed by atoms with Gasteiger partial charge in [0.25, 0.3) is 0 Å². The van der Waals surface area contributed by atoms with Crippen LogP contribution in [0.3, 0.4) is 0 Å². The van der Waals surface area contributed by atoms with Crippen molar-refractivity contribution in [3.05, 3.63) is 64.7 Å². The van der Waals surface area contributed by atoms with Gasteiger partial charge in [-0.1, -0.05) is 36.7 Å². The summed E-state index contributed by atoms with van der Waals surface area (Å²) in [6, 6.07) is 9.32. The van der Waals surface area contributed by atoms with Gasteiger partial charge in [-0.2, -0.15) is 13.2 Å². The fourth-order valence-electron chi connectivity index (χ4n) is 3.45. The second-order valence-electron chi connectivity index (χ2n) is 7.78. The molecule has 7 nitrogen and oxygen atoms in total. The molecular weight excluding hydrogens is 507 g/mol. The van der Waals surface area contributed by atoms with Crippen molar-refractivity contribution in [2.24, 2.45) is 0 Å². The summed E-state index contributed by atoms with van der Waals surface area (Å²) in [5, 5.41) is 3.12. The minimum absolute atomic E-state index is 0.0359. The van der Waals surface area contributed by atoms with Gasteiger partial charge in [0, 0.05) is 18.1 Å². The van der Waals surface area contributed by atoms with Crippen LogP contribution in [0.2, 0.25) is 5.02 Å². The van der Waals surface area contributed by atoms with Crippen molar-refractivity contribution in [1.29, 1.82) is 0 Å². The lowest BCUT2D eigenvalue weighted by molar-refractivity contribution is -0.140. The summed E-state index contributed by atoms with van der Waals surface area (Å²) in [4.78, 5) is 27.3. The molecule has 0 fully saturated rings. The zero-order valence-electron chi connectivity index (χ0n) is 19.5. The summed E-state index contributed by atoms with van der Waals surface area (Å²) < 4.78 is 65.2. The number of sulfonamides is 1. The highest BCUT2D eigenvalue weighted by molar-refractivity contribution is 7.92. The lowest BCUT2D eigenvalue weighted by atomic mass is 10.1. The Bertz CT molecular complexity index is 1140. The van der Waals surface area contributed by atoms with E-state index in [-0.39, 0.29) is 18.7 Å². The number of halogens is 4. The Morgan fingerprint density at radius 1 is 1.09 bits per heavy atom. The van der Waals surface area contributed by atoms with Gasteiger partial charge >= 0.3 is 6.18 Å². The number of nitrogens with one attached hydrogen (secondary N) is 1. The molecule has 0 aliphatic carbocycles. The molecule has 0 spiro atoms. The molecule has 0 bridgehead atoms. The van der Waals surface area contributed by atoms with Gasteiger partial charge in [-0.05, 0) is 49.2 Å². The van der Waals surface area contributed by atoms with Crippen molar-refractivity contribution >= 4 is 39.1 Å². The smallest absolute Gasteiger partial charge is 0.355 e. The molecule has 0 aliphatic rings. The molecule has 0 aromatic heterocycles. The van der Waals surface area contributed by atoms with Crippen molar-refractivity contribution in [2.75, 3.05) is 23.7 Å². The first kappa shape index (κ1) is 28.4. The largest absolute Gasteiger partial charge is 0.416 e. The summed E-state index contributed by atoms with van der Waals surface area (Å²) in [6.07, 6.45) is -3.67. The van der Waals surface area contributed by atoms with Crippen molar-refractivity contribution < 1.29 is 31.2 Å². The highest BCUT2D eigenvalue weighted by Crippen LogP contribution is 2.32. The van der Waals surface area contributed by atoms with E-state index in [1.165, 1.54) is 11.0 Å². The number of anilines is 1. The van der Waals surface area contributed by atoms with Crippen LogP contribution >= 0.6 is 11.6 Å². The number of nitrogens with zero attached hydrogens (tertiary/aromatic N) is 2. The Morgan fingerprint density at radius 3 is 2.23 bits per heavy atom. The molecule has 1 unspecified atom stereocenters. The molecule has 35 heavy (non-hydrogen) atoms. The molecule has 0 saturated heterocycles. The van der Waals surface area contributed by atoms with Crippen molar-refractivity contribution in [3.63, 3.8) is 0 Å². The van der Waals surface area contributed by atoms with Gasteiger partial charge < -0.3 is 10.2 Å². The minimum atomic E-state index is -4.70. The minimum Gasteiger partial charge on any atom is -0.355 e. The summed E-state index contributed by atoms with van der Waals surface area (Å²) in [7, 11) is -4.15. The van der Waals surface area contributed by atoms with Crippen LogP contribution < -0.4 is 9.62 Å². The second-order valence-corrected chi connectivity index (χ2v) is 10.1. The maximum absolute atomic E-state index is 13.4. The summed E-state index contributed by atoms with van der Waals surface area (Å²) in [6.45, 7) is 2.91. The Hall–Kier alpha value is -2.79. The third-order valence-corrected chi connectivity index (χ3v) is 6.54. The molecular formula is C23H27ClF3N3O4S. The lowest BCUT2D eigenvalue weighted by Crippen LogP contribution is -2.52. The van der Waals surface area contributed by atoms with Gasteiger partial charge in [0.15, 0.2) is 0 Å². The number of benzene rings is 2. The molecule has 0 saturated carbocycles. The van der Waals surface area contributed by atoms with Crippen molar-refractivity contribution in [1.82, 2.24) is 10.2 Å². The van der Waals surface area contributed by atoms with Crippen molar-refractivity contribution in [2.45, 2.75) is 39.0 Å². The molecule has 0 heterocycles. The van der Waals surface area contributed by atoms with E-state index in [1.807, 2.05) is 0 Å². The second kappa shape index (κ2) is 11.8. The Labute approximate surface area is 207 Å². The molecule has 2 aromatic rings. The highest BCUT2D eigenvalue weighted by Gasteiger charge is 2.34. The van der Waals surface area contributed by atoms with Crippen molar-refractivity contribution in [3.8, 4) is 0 Å². The molecule has 2 amide bonds. The number of hydrogen-bond donors (Lipinski definition) is 1. The van der Waals surface area contributed by atoms with E-state index in [2.05, 4.69) is 5.32 Å². The first-order valence-electron chi connectivity index (χ1n) is 10.7. The normalized spacial score (nSPS) is 12.7. The van der Waals surface area contributed by atoms with Gasteiger partial charge in [0.1, 0.15) is 12.6 Å². The molecule has 2 aromatic carbocycles. The molecule has 1 N–H and O–H groups in total. The maximum atomic E-state index is 13.4. The highest BCUT2D eigenvalue weighted by atomic mass is 35.5. The quantitative estimate of drug-likeness (QED) is 0.499. The van der Waals surface area contributed by atoms with Crippen LogP contribution in [0.4, 0.5) is 18.9 Å². The van der Waals surface area contributed by atoms with E-state index in [9.17, 15) is 31.2 Å². The van der Waals surface area contributed by atoms with Crippen LogP contribution in [0.25, 0.3) is 0 Å². The number of carbonyl (C=O) groups is 2. The van der Waals surface area contributed by atoms with Gasteiger partial charge in [-0.25, -0.2) is 8.42 Å². The third-order valence-electron chi connectivity index (χ3n) is 5.14. The monoisotopic (exact) mass is 533 g/mol. The van der Waals surface area contributed by atoms with E-state index in [0.29, 0.717) is 27.5 Å². The van der Waals surface area contributed by atoms with Gasteiger partial charge in [0.2, 0.25) is 21.8 Å². The topological polar surface area (TPSA) is 86.8 Å². The summed E-state index contributed by atoms with van der Waals surface area (Å²) in [5.41, 5.74) is -0.730. The predicted molar refractivity (Wildman–Crippen MR) is 128 cm³/mol. The SMILES string of the molecule is CCNC(=O)C(CC)N(Cc1ccc(Cl)cc1)C(=O)CN(c1cccc(C(F)(F)F)c1)S(C)(=O)=O. The Morgan fingerprint density at radius 2 is 1.71 bits per heavy atom. The Kier molecular flexibility index (Phi) is 9.56. The van der Waals surface area contributed by atoms with E-state index in [0.717, 1.165) is 18.4 Å². The lowest BCUT2D eigenvalue weighted by Gasteiger charge is -2.33. The van der Waals surface area contributed by atoms with Crippen LogP contribution in [0, 0.1) is 0 Å². The molecule has 1 atom stereocenters. The molecule has 0 aliphatic heterocycles. The average molecular weight is 534 g/mol. The molecule has 192 valence electrons. The number of hydrogen-bond acceptors (Lipinski definition) is 4. The maximum Gasteiger partial charge on any atom is 0.416 e. The zero-order chi connectivity index (χ0) is 26.4. The van der Waals surface area contributed by atoms with E-state index < -0.39 is 46.2 Å². The van der Waals surface area contributed by atoms with Crippen LogP contribution in [0.5, 0.6) is 0 Å². The van der Waals surface area contributed by atoms with E-state index >= 15 is 0 Å². The number of likely N-dealkylation sites (N-methyl/N-ethyl adjacent to an activating group) is 1. The summed E-state index contributed by atoms with van der Waals surface area (Å²) >= 11 is 5.93. The first-order chi connectivity index (χ1) is 16.3. The standard InChI is InChI=1S/C23H27ClF3N3O4S/c1-4-20(22(32)28-5-2)29(14-16-9-11-18(24)12-10-16)21(31)15-30(35(3,33)34)19-8-6-7-17(13-19)23(25,26)27/h6-13,20H,4-5,14-15H2,1-3H3,(H,28,32). The fraction of sp³-hybridized carbons (Fsp3) is 0.391. The van der Waals surface area contributed by atoms with Crippen LogP contribution in [-0.4, -0.2) is 50.5 Å². The first-order valence-corrected chi connectivity index (χ1v) is 13.0. The third kappa shape index (κ3) is 7.86. The van der Waals surface area contributed by atoms with E-state index in [4.69, 9.17) is 11.6 Å². The van der Waals surface area contributed by atoms with Gasteiger partial charge in [0.05, 0.1) is 17.5 Å². The van der Waals surface area contributed by atoms with Crippen LogP contribution in [0.15, 0.2) is 48.5 Å². The average Bonchev–Trinajstić information content (AvgIpc) is 2.77. The number of carbonyl (C=O) groups excluding carboxylic acids is 2. The van der Waals surface area contributed by atoms with E-state index in [1.54, 1.807) is 38.1 Å². The number of rotatable bonds is 10. The summed E-state index contributed by atoms with van der Waals surface area (Å²) in [5.74, 6) is -1.18. The van der Waals surface area contributed by atoms with Gasteiger partial charge in [-0.15, -0.1) is 0 Å². The molecule has 2 rings (SSSR count). The molecule has 0 radical (unpaired) electrons. The van der Waals surface area contributed by atoms with Gasteiger partial charge in [-0.3, -0.25) is 13.9 Å². The number of amides is 2. The number of alkyl halides is 3.